The topological polar surface area (TPSA) is 60.7 Å². The number of nitrogens with one attached hydrogen (secondary N) is 1. The summed E-state index contributed by atoms with van der Waals surface area (Å²) in [5.74, 6) is 0.546. The van der Waals surface area contributed by atoms with Crippen LogP contribution in [-0.4, -0.2) is 33.3 Å². The molecule has 3 rings (SSSR count). The number of benzene rings is 2. The lowest BCUT2D eigenvalue weighted by molar-refractivity contribution is -0.116. The van der Waals surface area contributed by atoms with Crippen LogP contribution in [0.5, 0.6) is 5.75 Å². The quantitative estimate of drug-likeness (QED) is 0.482. The number of ether oxygens (including phenoxy) is 2. The normalized spacial score (nSPS) is 11.6. The van der Waals surface area contributed by atoms with E-state index < -0.39 is 0 Å². The van der Waals surface area contributed by atoms with Gasteiger partial charge >= 0.3 is 0 Å². The largest absolute Gasteiger partial charge is 0.496 e. The van der Waals surface area contributed by atoms with Crippen LogP contribution in [0.15, 0.2) is 53.2 Å². The van der Waals surface area contributed by atoms with Gasteiger partial charge in [0.15, 0.2) is 0 Å². The maximum atomic E-state index is 12.2. The molecule has 1 heterocycles. The number of fused-ring (bicyclic) bond motifs is 1. The van der Waals surface area contributed by atoms with Gasteiger partial charge in [0.25, 0.3) is 0 Å². The molecule has 1 amide bonds. The maximum Gasteiger partial charge on any atom is 0.244 e. The highest BCUT2D eigenvalue weighted by atomic mass is 16.5. The fourth-order valence-electron chi connectivity index (χ4n) is 3.31. The van der Waals surface area contributed by atoms with Gasteiger partial charge in [0, 0.05) is 41.8 Å². The van der Waals surface area contributed by atoms with E-state index in [2.05, 4.69) is 17.4 Å². The summed E-state index contributed by atoms with van der Waals surface area (Å²) in [5.41, 5.74) is 5.47. The molecule has 28 heavy (non-hydrogen) atoms. The van der Waals surface area contributed by atoms with Crippen LogP contribution >= 0.6 is 0 Å². The van der Waals surface area contributed by atoms with Crippen LogP contribution in [-0.2, 0) is 9.53 Å². The van der Waals surface area contributed by atoms with Crippen molar-refractivity contribution < 1.29 is 18.7 Å². The van der Waals surface area contributed by atoms with Crippen molar-refractivity contribution in [3.63, 3.8) is 0 Å². The summed E-state index contributed by atoms with van der Waals surface area (Å²) in [6.45, 7) is 4.81. The molecule has 5 nitrogen and oxygen atoms in total. The number of hydrogen-bond donors (Lipinski definition) is 1. The third-order valence-electron chi connectivity index (χ3n) is 4.71. The van der Waals surface area contributed by atoms with E-state index in [1.54, 1.807) is 26.6 Å². The molecule has 0 fully saturated rings. The van der Waals surface area contributed by atoms with E-state index in [4.69, 9.17) is 13.9 Å². The number of carbonyl (C=O) groups excluding carboxylic acids is 1. The highest BCUT2D eigenvalue weighted by Crippen LogP contribution is 2.40. The zero-order valence-electron chi connectivity index (χ0n) is 16.7. The highest BCUT2D eigenvalue weighted by Gasteiger charge is 2.18. The van der Waals surface area contributed by atoms with Crippen molar-refractivity contribution in [1.82, 2.24) is 5.32 Å². The molecule has 0 aliphatic heterocycles. The summed E-state index contributed by atoms with van der Waals surface area (Å²) in [4.78, 5) is 12.2. The molecule has 5 heteroatoms. The predicted molar refractivity (Wildman–Crippen MR) is 111 cm³/mol. The van der Waals surface area contributed by atoms with Crippen LogP contribution in [0.25, 0.3) is 27.7 Å². The standard InChI is InChI=1S/C23H25NO4/c1-15(12-21(25)24-10-11-26-3)18-13-19-20(17-8-6-5-7-9-17)14-28-23(19)16(2)22(18)27-4/h5-9,12-14H,10-11H2,1-4H3,(H,24,25)/b15-12+. The lowest BCUT2D eigenvalue weighted by Gasteiger charge is -2.13. The van der Waals surface area contributed by atoms with E-state index in [0.29, 0.717) is 18.9 Å². The third-order valence-corrected chi connectivity index (χ3v) is 4.71. The van der Waals surface area contributed by atoms with Gasteiger partial charge in [0.05, 0.1) is 20.0 Å². The fourth-order valence-corrected chi connectivity index (χ4v) is 3.31. The first-order valence-electron chi connectivity index (χ1n) is 9.16. The summed E-state index contributed by atoms with van der Waals surface area (Å²) >= 11 is 0. The zero-order chi connectivity index (χ0) is 20.1. The van der Waals surface area contributed by atoms with Crippen molar-refractivity contribution in [2.75, 3.05) is 27.4 Å². The SMILES string of the molecule is COCCNC(=O)/C=C(\C)c1cc2c(-c3ccccc3)coc2c(C)c1OC. The van der Waals surface area contributed by atoms with E-state index in [1.165, 1.54) is 0 Å². The number of amides is 1. The molecular weight excluding hydrogens is 354 g/mol. The summed E-state index contributed by atoms with van der Waals surface area (Å²) in [5, 5.41) is 3.80. The zero-order valence-corrected chi connectivity index (χ0v) is 16.7. The summed E-state index contributed by atoms with van der Waals surface area (Å²) in [7, 11) is 3.23. The second-order valence-corrected chi connectivity index (χ2v) is 6.59. The van der Waals surface area contributed by atoms with Gasteiger partial charge in [-0.15, -0.1) is 0 Å². The van der Waals surface area contributed by atoms with Crippen LogP contribution in [0.2, 0.25) is 0 Å². The first-order valence-corrected chi connectivity index (χ1v) is 9.16. The van der Waals surface area contributed by atoms with E-state index in [0.717, 1.165) is 38.8 Å². The smallest absolute Gasteiger partial charge is 0.244 e. The van der Waals surface area contributed by atoms with Gasteiger partial charge in [-0.3, -0.25) is 4.79 Å². The summed E-state index contributed by atoms with van der Waals surface area (Å²) < 4.78 is 16.5. The number of methoxy groups -OCH3 is 2. The van der Waals surface area contributed by atoms with Gasteiger partial charge in [-0.05, 0) is 31.1 Å². The Morgan fingerprint density at radius 1 is 1.21 bits per heavy atom. The molecule has 0 unspecified atom stereocenters. The second-order valence-electron chi connectivity index (χ2n) is 6.59. The Balaban J connectivity index is 2.07. The molecule has 1 N–H and O–H groups in total. The van der Waals surface area contributed by atoms with Crippen LogP contribution in [0.3, 0.4) is 0 Å². The second kappa shape index (κ2) is 8.76. The van der Waals surface area contributed by atoms with Crippen LogP contribution in [0, 0.1) is 6.92 Å². The average Bonchev–Trinajstić information content (AvgIpc) is 3.13. The minimum Gasteiger partial charge on any atom is -0.496 e. The van der Waals surface area contributed by atoms with E-state index in [9.17, 15) is 4.79 Å². The Morgan fingerprint density at radius 3 is 2.64 bits per heavy atom. The molecule has 0 bridgehead atoms. The van der Waals surface area contributed by atoms with Crippen molar-refractivity contribution in [2.24, 2.45) is 0 Å². The van der Waals surface area contributed by atoms with Crippen molar-refractivity contribution in [1.29, 1.82) is 0 Å². The van der Waals surface area contributed by atoms with Crippen molar-refractivity contribution in [2.45, 2.75) is 13.8 Å². The van der Waals surface area contributed by atoms with Gasteiger partial charge in [0.1, 0.15) is 11.3 Å². The molecule has 0 spiro atoms. The number of carbonyl (C=O) groups is 1. The Bertz CT molecular complexity index is 1000. The van der Waals surface area contributed by atoms with Gasteiger partial charge < -0.3 is 19.2 Å². The van der Waals surface area contributed by atoms with Gasteiger partial charge in [0.2, 0.25) is 5.91 Å². The summed E-state index contributed by atoms with van der Waals surface area (Å²) in [6.07, 6.45) is 3.35. The van der Waals surface area contributed by atoms with E-state index >= 15 is 0 Å². The molecule has 2 aromatic carbocycles. The number of allylic oxidation sites excluding steroid dienone is 1. The number of furan rings is 1. The van der Waals surface area contributed by atoms with Crippen LogP contribution in [0.1, 0.15) is 18.1 Å². The predicted octanol–water partition coefficient (Wildman–Crippen LogP) is 4.58. The first kappa shape index (κ1) is 19.7. The molecule has 0 aliphatic rings. The third kappa shape index (κ3) is 3.94. The monoisotopic (exact) mass is 379 g/mol. The Kier molecular flexibility index (Phi) is 6.16. The molecule has 0 aliphatic carbocycles. The molecular formula is C23H25NO4. The Morgan fingerprint density at radius 2 is 1.96 bits per heavy atom. The van der Waals surface area contributed by atoms with Gasteiger partial charge in [-0.25, -0.2) is 0 Å². The number of hydrogen-bond acceptors (Lipinski definition) is 4. The number of aryl methyl sites for hydroxylation is 1. The molecule has 1 aromatic heterocycles. The van der Waals surface area contributed by atoms with Crippen LogP contribution in [0.4, 0.5) is 0 Å². The highest BCUT2D eigenvalue weighted by molar-refractivity contribution is 6.01. The molecule has 0 saturated heterocycles. The summed E-state index contributed by atoms with van der Waals surface area (Å²) in [6, 6.07) is 12.1. The lowest BCUT2D eigenvalue weighted by atomic mass is 9.96. The maximum absolute atomic E-state index is 12.2. The number of rotatable bonds is 7. The molecule has 0 radical (unpaired) electrons. The fraction of sp³-hybridized carbons (Fsp3) is 0.261. The average molecular weight is 379 g/mol. The van der Waals surface area contributed by atoms with Gasteiger partial charge in [-0.1, -0.05) is 30.3 Å². The molecule has 0 saturated carbocycles. The molecule has 0 atom stereocenters. The van der Waals surface area contributed by atoms with E-state index in [-0.39, 0.29) is 5.91 Å². The minimum atomic E-state index is -0.162. The van der Waals surface area contributed by atoms with Crippen molar-refractivity contribution in [3.05, 3.63) is 59.9 Å². The molecule has 146 valence electrons. The lowest BCUT2D eigenvalue weighted by Crippen LogP contribution is -2.25. The Hall–Kier alpha value is -3.05. The van der Waals surface area contributed by atoms with Crippen molar-refractivity contribution >= 4 is 22.4 Å². The van der Waals surface area contributed by atoms with Crippen LogP contribution < -0.4 is 10.1 Å². The van der Waals surface area contributed by atoms with Gasteiger partial charge in [-0.2, -0.15) is 0 Å². The minimum absolute atomic E-state index is 0.162. The Labute approximate surface area is 164 Å². The van der Waals surface area contributed by atoms with Crippen molar-refractivity contribution in [3.8, 4) is 16.9 Å². The molecule has 3 aromatic rings. The first-order chi connectivity index (χ1) is 13.6. The van der Waals surface area contributed by atoms with E-state index in [1.807, 2.05) is 38.1 Å².